The van der Waals surface area contributed by atoms with Crippen molar-refractivity contribution >= 4 is 10.0 Å². The molecule has 8 heteroatoms. The Kier molecular flexibility index (Phi) is 5.62. The standard InChI is InChI=1S/C22H26N4O3S/c1-16-11-18(19-13-23-25(2)14-19)12-22(24-16)17-5-4-10-26(15-17)30(27,28)21-8-6-20(29-3)7-9-21/h6-9,11-14,17H,4-5,10,15H2,1-3H3. The highest BCUT2D eigenvalue weighted by atomic mass is 32.2. The van der Waals surface area contributed by atoms with Gasteiger partial charge in [-0.15, -0.1) is 0 Å². The van der Waals surface area contributed by atoms with E-state index in [-0.39, 0.29) is 10.8 Å². The molecule has 0 bridgehead atoms. The number of benzene rings is 1. The number of nitrogens with zero attached hydrogens (tertiary/aromatic N) is 4. The van der Waals surface area contributed by atoms with Crippen LogP contribution in [-0.2, 0) is 17.1 Å². The number of rotatable bonds is 5. The highest BCUT2D eigenvalue weighted by molar-refractivity contribution is 7.89. The molecule has 158 valence electrons. The molecule has 3 heterocycles. The second-order valence-corrected chi connectivity index (χ2v) is 9.64. The number of methoxy groups -OCH3 is 1. The van der Waals surface area contributed by atoms with Gasteiger partial charge >= 0.3 is 0 Å². The van der Waals surface area contributed by atoms with Crippen LogP contribution < -0.4 is 4.74 Å². The van der Waals surface area contributed by atoms with Gasteiger partial charge in [0, 0.05) is 49.2 Å². The molecule has 30 heavy (non-hydrogen) atoms. The number of pyridine rings is 1. The highest BCUT2D eigenvalue weighted by Crippen LogP contribution is 2.32. The molecule has 0 radical (unpaired) electrons. The summed E-state index contributed by atoms with van der Waals surface area (Å²) in [4.78, 5) is 5.03. The molecule has 1 saturated heterocycles. The molecular formula is C22H26N4O3S. The van der Waals surface area contributed by atoms with Crippen LogP contribution in [0.2, 0.25) is 0 Å². The fraction of sp³-hybridized carbons (Fsp3) is 0.364. The highest BCUT2D eigenvalue weighted by Gasteiger charge is 2.31. The van der Waals surface area contributed by atoms with Crippen LogP contribution in [0.1, 0.15) is 30.1 Å². The Balaban J connectivity index is 1.60. The van der Waals surface area contributed by atoms with E-state index in [1.54, 1.807) is 40.4 Å². The predicted octanol–water partition coefficient (Wildman–Crippen LogP) is 3.37. The molecule has 0 aliphatic carbocycles. The van der Waals surface area contributed by atoms with E-state index < -0.39 is 10.0 Å². The minimum atomic E-state index is -3.56. The zero-order chi connectivity index (χ0) is 21.3. The molecule has 4 rings (SSSR count). The Bertz CT molecular complexity index is 1140. The molecule has 1 aromatic carbocycles. The summed E-state index contributed by atoms with van der Waals surface area (Å²) in [6.45, 7) is 2.92. The van der Waals surface area contributed by atoms with Crippen molar-refractivity contribution < 1.29 is 13.2 Å². The van der Waals surface area contributed by atoms with Gasteiger partial charge < -0.3 is 4.74 Å². The first-order valence-electron chi connectivity index (χ1n) is 9.98. The van der Waals surface area contributed by atoms with Crippen molar-refractivity contribution in [1.29, 1.82) is 0 Å². The molecule has 2 aromatic heterocycles. The van der Waals surface area contributed by atoms with Gasteiger partial charge in [0.1, 0.15) is 5.75 Å². The number of hydrogen-bond donors (Lipinski definition) is 0. The number of piperidine rings is 1. The molecule has 0 N–H and O–H groups in total. The molecule has 1 unspecified atom stereocenters. The molecular weight excluding hydrogens is 400 g/mol. The monoisotopic (exact) mass is 426 g/mol. The van der Waals surface area contributed by atoms with E-state index in [0.29, 0.717) is 18.8 Å². The lowest BCUT2D eigenvalue weighted by Gasteiger charge is -2.32. The topological polar surface area (TPSA) is 77.3 Å². The normalized spacial score (nSPS) is 17.8. The number of sulfonamides is 1. The lowest BCUT2D eigenvalue weighted by molar-refractivity contribution is 0.312. The van der Waals surface area contributed by atoms with Crippen molar-refractivity contribution in [2.45, 2.75) is 30.6 Å². The number of aromatic nitrogens is 3. The van der Waals surface area contributed by atoms with E-state index in [0.717, 1.165) is 35.4 Å². The third-order valence-corrected chi connectivity index (χ3v) is 7.39. The lowest BCUT2D eigenvalue weighted by atomic mass is 9.93. The van der Waals surface area contributed by atoms with Gasteiger partial charge in [0.25, 0.3) is 0 Å². The van der Waals surface area contributed by atoms with Crippen LogP contribution >= 0.6 is 0 Å². The molecule has 1 fully saturated rings. The third-order valence-electron chi connectivity index (χ3n) is 5.51. The van der Waals surface area contributed by atoms with Crippen LogP contribution in [0.5, 0.6) is 5.75 Å². The van der Waals surface area contributed by atoms with Crippen molar-refractivity contribution in [3.05, 3.63) is 60.2 Å². The molecule has 3 aromatic rings. The molecule has 1 aliphatic heterocycles. The van der Waals surface area contributed by atoms with E-state index in [1.165, 1.54) is 0 Å². The van der Waals surface area contributed by atoms with Crippen LogP contribution in [-0.4, -0.2) is 47.7 Å². The fourth-order valence-electron chi connectivity index (χ4n) is 3.94. The van der Waals surface area contributed by atoms with Gasteiger partial charge in [-0.25, -0.2) is 8.42 Å². The summed E-state index contributed by atoms with van der Waals surface area (Å²) >= 11 is 0. The Morgan fingerprint density at radius 2 is 1.90 bits per heavy atom. The summed E-state index contributed by atoms with van der Waals surface area (Å²) in [6, 6.07) is 10.7. The summed E-state index contributed by atoms with van der Waals surface area (Å²) in [5, 5.41) is 4.25. The van der Waals surface area contributed by atoms with Crippen molar-refractivity contribution in [1.82, 2.24) is 19.1 Å². The van der Waals surface area contributed by atoms with E-state index in [2.05, 4.69) is 11.2 Å². The Labute approximate surface area is 177 Å². The first-order valence-corrected chi connectivity index (χ1v) is 11.4. The minimum Gasteiger partial charge on any atom is -0.497 e. The predicted molar refractivity (Wildman–Crippen MR) is 115 cm³/mol. The lowest BCUT2D eigenvalue weighted by Crippen LogP contribution is -2.39. The van der Waals surface area contributed by atoms with E-state index in [4.69, 9.17) is 9.72 Å². The molecule has 0 saturated carbocycles. The van der Waals surface area contributed by atoms with Gasteiger partial charge in [-0.2, -0.15) is 9.40 Å². The number of aryl methyl sites for hydroxylation is 2. The van der Waals surface area contributed by atoms with Crippen molar-refractivity contribution in [2.24, 2.45) is 7.05 Å². The average molecular weight is 427 g/mol. The Morgan fingerprint density at radius 3 is 2.57 bits per heavy atom. The van der Waals surface area contributed by atoms with Crippen LogP contribution in [0.25, 0.3) is 11.1 Å². The summed E-state index contributed by atoms with van der Waals surface area (Å²) < 4.78 is 34.8. The second-order valence-electron chi connectivity index (χ2n) is 7.70. The quantitative estimate of drug-likeness (QED) is 0.625. The van der Waals surface area contributed by atoms with Gasteiger partial charge in [-0.1, -0.05) is 0 Å². The fourth-order valence-corrected chi connectivity index (χ4v) is 5.46. The molecule has 1 aliphatic rings. The van der Waals surface area contributed by atoms with Crippen molar-refractivity contribution in [3.8, 4) is 16.9 Å². The van der Waals surface area contributed by atoms with Gasteiger partial charge in [0.2, 0.25) is 10.0 Å². The maximum atomic E-state index is 13.2. The number of hydrogen-bond acceptors (Lipinski definition) is 5. The van der Waals surface area contributed by atoms with Gasteiger partial charge in [-0.05, 0) is 61.7 Å². The van der Waals surface area contributed by atoms with Gasteiger partial charge in [0.05, 0.1) is 18.2 Å². The number of ether oxygens (including phenoxy) is 1. The third kappa shape index (κ3) is 4.11. The minimum absolute atomic E-state index is 0.0575. The van der Waals surface area contributed by atoms with Crippen molar-refractivity contribution in [2.75, 3.05) is 20.2 Å². The Morgan fingerprint density at radius 1 is 1.13 bits per heavy atom. The molecule has 1 atom stereocenters. The maximum Gasteiger partial charge on any atom is 0.243 e. The summed E-state index contributed by atoms with van der Waals surface area (Å²) in [6.07, 6.45) is 5.52. The summed E-state index contributed by atoms with van der Waals surface area (Å²) in [5.74, 6) is 0.694. The Hall–Kier alpha value is -2.71. The van der Waals surface area contributed by atoms with Crippen LogP contribution in [0, 0.1) is 6.92 Å². The van der Waals surface area contributed by atoms with Crippen LogP contribution in [0.15, 0.2) is 53.7 Å². The summed E-state index contributed by atoms with van der Waals surface area (Å²) in [5.41, 5.74) is 3.94. The maximum absolute atomic E-state index is 13.2. The first kappa shape index (κ1) is 20.6. The van der Waals surface area contributed by atoms with Crippen molar-refractivity contribution in [3.63, 3.8) is 0 Å². The largest absolute Gasteiger partial charge is 0.497 e. The molecule has 7 nitrogen and oxygen atoms in total. The average Bonchev–Trinajstić information content (AvgIpc) is 3.20. The zero-order valence-electron chi connectivity index (χ0n) is 17.4. The van der Waals surface area contributed by atoms with E-state index in [1.807, 2.05) is 32.4 Å². The molecule has 0 amide bonds. The first-order chi connectivity index (χ1) is 14.4. The van der Waals surface area contributed by atoms with Gasteiger partial charge in [-0.3, -0.25) is 9.67 Å². The summed E-state index contributed by atoms with van der Waals surface area (Å²) in [7, 11) is -0.107. The van der Waals surface area contributed by atoms with E-state index >= 15 is 0 Å². The molecule has 0 spiro atoms. The smallest absolute Gasteiger partial charge is 0.243 e. The van der Waals surface area contributed by atoms with Crippen LogP contribution in [0.4, 0.5) is 0 Å². The van der Waals surface area contributed by atoms with E-state index in [9.17, 15) is 8.42 Å². The zero-order valence-corrected chi connectivity index (χ0v) is 18.3. The van der Waals surface area contributed by atoms with Crippen LogP contribution in [0.3, 0.4) is 0 Å². The SMILES string of the molecule is COc1ccc(S(=O)(=O)N2CCCC(c3cc(-c4cnn(C)c4)cc(C)n3)C2)cc1. The van der Waals surface area contributed by atoms with Gasteiger partial charge in [0.15, 0.2) is 0 Å². The second kappa shape index (κ2) is 8.20.